The molecule has 2 rings (SSSR count). The number of rotatable bonds is 5. The van der Waals surface area contributed by atoms with Gasteiger partial charge >= 0.3 is 5.97 Å². The minimum absolute atomic E-state index is 0.222. The summed E-state index contributed by atoms with van der Waals surface area (Å²) < 4.78 is 18.3. The second-order valence-corrected chi connectivity index (χ2v) is 5.41. The highest BCUT2D eigenvalue weighted by molar-refractivity contribution is 7.98. The van der Waals surface area contributed by atoms with Crippen molar-refractivity contribution in [3.05, 3.63) is 59.5 Å². The molecule has 0 fully saturated rings. The van der Waals surface area contributed by atoms with E-state index in [0.717, 1.165) is 6.07 Å². The number of carbonyl (C=O) groups excluding carboxylic acids is 3. The molecular formula is C16H14FN3O4S. The van der Waals surface area contributed by atoms with E-state index in [4.69, 9.17) is 4.74 Å². The summed E-state index contributed by atoms with van der Waals surface area (Å²) >= 11 is 1.27. The fourth-order valence-electron chi connectivity index (χ4n) is 1.79. The van der Waals surface area contributed by atoms with E-state index < -0.39 is 30.2 Å². The van der Waals surface area contributed by atoms with Crippen LogP contribution in [0.4, 0.5) is 4.39 Å². The van der Waals surface area contributed by atoms with Crippen LogP contribution in [0.15, 0.2) is 47.6 Å². The maximum Gasteiger partial charge on any atom is 0.341 e. The Labute approximate surface area is 146 Å². The Kier molecular flexibility index (Phi) is 6.47. The number of halogens is 1. The maximum atomic E-state index is 13.4. The SMILES string of the molecule is CSc1ncccc1C(=O)OCC(=O)NNC(=O)c1ccccc1F. The predicted molar refractivity (Wildman–Crippen MR) is 88.3 cm³/mol. The number of hydrazine groups is 1. The molecule has 0 spiro atoms. The fourth-order valence-corrected chi connectivity index (χ4v) is 2.33. The van der Waals surface area contributed by atoms with Crippen LogP contribution in [0.1, 0.15) is 20.7 Å². The highest BCUT2D eigenvalue weighted by atomic mass is 32.2. The van der Waals surface area contributed by atoms with E-state index in [9.17, 15) is 18.8 Å². The summed E-state index contributed by atoms with van der Waals surface area (Å²) in [5.41, 5.74) is 4.09. The molecular weight excluding hydrogens is 349 g/mol. The normalized spacial score (nSPS) is 10.0. The van der Waals surface area contributed by atoms with E-state index in [1.54, 1.807) is 12.3 Å². The third-order valence-electron chi connectivity index (χ3n) is 2.95. The van der Waals surface area contributed by atoms with Gasteiger partial charge in [0.15, 0.2) is 6.61 Å². The number of pyridine rings is 1. The second kappa shape index (κ2) is 8.78. The van der Waals surface area contributed by atoms with Gasteiger partial charge in [-0.1, -0.05) is 12.1 Å². The van der Waals surface area contributed by atoms with Crippen LogP contribution in [0.5, 0.6) is 0 Å². The molecule has 1 heterocycles. The van der Waals surface area contributed by atoms with Crippen LogP contribution in [-0.4, -0.2) is 35.6 Å². The number of amides is 2. The Balaban J connectivity index is 1.84. The average Bonchev–Trinajstić information content (AvgIpc) is 2.64. The molecule has 0 unspecified atom stereocenters. The second-order valence-electron chi connectivity index (χ2n) is 4.62. The molecule has 0 aliphatic carbocycles. The standard InChI is InChI=1S/C16H14FN3O4S/c1-25-15-11(6-4-8-18-15)16(23)24-9-13(21)19-20-14(22)10-5-2-3-7-12(10)17/h2-8H,9H2,1H3,(H,19,21)(H,20,22). The number of hydrogen-bond acceptors (Lipinski definition) is 6. The lowest BCUT2D eigenvalue weighted by atomic mass is 10.2. The van der Waals surface area contributed by atoms with Crippen molar-refractivity contribution in [3.63, 3.8) is 0 Å². The number of thioether (sulfide) groups is 1. The van der Waals surface area contributed by atoms with Crippen molar-refractivity contribution >= 4 is 29.5 Å². The average molecular weight is 363 g/mol. The molecule has 0 bridgehead atoms. The Morgan fingerprint density at radius 3 is 2.56 bits per heavy atom. The van der Waals surface area contributed by atoms with Gasteiger partial charge in [0.25, 0.3) is 11.8 Å². The van der Waals surface area contributed by atoms with Gasteiger partial charge in [-0.05, 0) is 30.5 Å². The number of carbonyl (C=O) groups is 3. The first-order valence-electron chi connectivity index (χ1n) is 7.02. The number of nitrogens with zero attached hydrogens (tertiary/aromatic N) is 1. The van der Waals surface area contributed by atoms with Gasteiger partial charge in [0.2, 0.25) is 0 Å². The molecule has 7 nitrogen and oxygen atoms in total. The van der Waals surface area contributed by atoms with E-state index in [0.29, 0.717) is 5.03 Å². The van der Waals surface area contributed by atoms with Crippen molar-refractivity contribution < 1.29 is 23.5 Å². The molecule has 1 aromatic carbocycles. The first kappa shape index (κ1) is 18.4. The minimum Gasteiger partial charge on any atom is -0.452 e. The molecule has 130 valence electrons. The van der Waals surface area contributed by atoms with Crippen molar-refractivity contribution in [3.8, 4) is 0 Å². The first-order chi connectivity index (χ1) is 12.0. The lowest BCUT2D eigenvalue weighted by Gasteiger charge is -2.09. The molecule has 0 radical (unpaired) electrons. The van der Waals surface area contributed by atoms with Gasteiger partial charge in [-0.25, -0.2) is 14.2 Å². The predicted octanol–water partition coefficient (Wildman–Crippen LogP) is 1.56. The van der Waals surface area contributed by atoms with E-state index in [-0.39, 0.29) is 11.1 Å². The number of benzene rings is 1. The van der Waals surface area contributed by atoms with Crippen molar-refractivity contribution in [2.24, 2.45) is 0 Å². The molecule has 0 aliphatic rings. The summed E-state index contributed by atoms with van der Waals surface area (Å²) in [7, 11) is 0. The van der Waals surface area contributed by atoms with Crippen LogP contribution in [0, 0.1) is 5.82 Å². The summed E-state index contributed by atoms with van der Waals surface area (Å²) in [6, 6.07) is 8.41. The Morgan fingerprint density at radius 2 is 1.84 bits per heavy atom. The third kappa shape index (κ3) is 5.01. The number of nitrogens with one attached hydrogen (secondary N) is 2. The summed E-state index contributed by atoms with van der Waals surface area (Å²) in [6.07, 6.45) is 3.29. The molecule has 2 N–H and O–H groups in total. The molecule has 9 heteroatoms. The van der Waals surface area contributed by atoms with E-state index in [1.165, 1.54) is 42.2 Å². The van der Waals surface area contributed by atoms with Gasteiger partial charge in [-0.15, -0.1) is 11.8 Å². The van der Waals surface area contributed by atoms with Crippen molar-refractivity contribution in [2.45, 2.75) is 5.03 Å². The number of aromatic nitrogens is 1. The van der Waals surface area contributed by atoms with Crippen LogP contribution in [0.25, 0.3) is 0 Å². The molecule has 25 heavy (non-hydrogen) atoms. The summed E-state index contributed by atoms with van der Waals surface area (Å²) in [5, 5.41) is 0.473. The highest BCUT2D eigenvalue weighted by Gasteiger charge is 2.16. The van der Waals surface area contributed by atoms with E-state index in [2.05, 4.69) is 4.98 Å². The van der Waals surface area contributed by atoms with Gasteiger partial charge < -0.3 is 4.74 Å². The zero-order chi connectivity index (χ0) is 18.2. The first-order valence-corrected chi connectivity index (χ1v) is 8.25. The molecule has 0 atom stereocenters. The monoisotopic (exact) mass is 363 g/mol. The lowest BCUT2D eigenvalue weighted by molar-refractivity contribution is -0.125. The van der Waals surface area contributed by atoms with Gasteiger partial charge in [0, 0.05) is 6.20 Å². The van der Waals surface area contributed by atoms with Crippen LogP contribution in [-0.2, 0) is 9.53 Å². The van der Waals surface area contributed by atoms with E-state index in [1.807, 2.05) is 10.9 Å². The summed E-state index contributed by atoms with van der Waals surface area (Å²) in [4.78, 5) is 39.3. The van der Waals surface area contributed by atoms with Gasteiger partial charge in [-0.2, -0.15) is 0 Å². The van der Waals surface area contributed by atoms with Crippen LogP contribution in [0.3, 0.4) is 0 Å². The molecule has 0 saturated heterocycles. The zero-order valence-electron chi connectivity index (χ0n) is 13.1. The van der Waals surface area contributed by atoms with Gasteiger partial charge in [-0.3, -0.25) is 20.4 Å². The maximum absolute atomic E-state index is 13.4. The van der Waals surface area contributed by atoms with Gasteiger partial charge in [0.05, 0.1) is 11.1 Å². The minimum atomic E-state index is -0.824. The number of hydrogen-bond donors (Lipinski definition) is 2. The Hall–Kier alpha value is -2.94. The number of esters is 1. The molecule has 0 aliphatic heterocycles. The highest BCUT2D eigenvalue weighted by Crippen LogP contribution is 2.17. The summed E-state index contributed by atoms with van der Waals surface area (Å²) in [6.45, 7) is -0.612. The quantitative estimate of drug-likeness (QED) is 0.475. The van der Waals surface area contributed by atoms with Crippen molar-refractivity contribution in [2.75, 3.05) is 12.9 Å². The molecule has 1 aromatic heterocycles. The largest absolute Gasteiger partial charge is 0.452 e. The lowest BCUT2D eigenvalue weighted by Crippen LogP contribution is -2.43. The fraction of sp³-hybridized carbons (Fsp3) is 0.125. The van der Waals surface area contributed by atoms with Gasteiger partial charge in [0.1, 0.15) is 10.8 Å². The molecule has 0 saturated carbocycles. The number of ether oxygens (including phenoxy) is 1. The smallest absolute Gasteiger partial charge is 0.341 e. The zero-order valence-corrected chi connectivity index (χ0v) is 13.9. The van der Waals surface area contributed by atoms with Crippen molar-refractivity contribution in [1.82, 2.24) is 15.8 Å². The summed E-state index contributed by atoms with van der Waals surface area (Å²) in [5.74, 6) is -3.03. The Bertz CT molecular complexity index is 800. The van der Waals surface area contributed by atoms with Crippen LogP contribution >= 0.6 is 11.8 Å². The molecule has 2 amide bonds. The Morgan fingerprint density at radius 1 is 1.12 bits per heavy atom. The van der Waals surface area contributed by atoms with E-state index >= 15 is 0 Å². The van der Waals surface area contributed by atoms with Crippen LogP contribution < -0.4 is 10.9 Å². The third-order valence-corrected chi connectivity index (χ3v) is 3.66. The molecule has 2 aromatic rings. The topological polar surface area (TPSA) is 97.4 Å². The van der Waals surface area contributed by atoms with Crippen molar-refractivity contribution in [1.29, 1.82) is 0 Å². The van der Waals surface area contributed by atoms with Crippen LogP contribution in [0.2, 0.25) is 0 Å².